The smallest absolute Gasteiger partial charge is 0.339 e. The Hall–Kier alpha value is -3.69. The average Bonchev–Trinajstić information content (AvgIpc) is 3.38. The SMILES string of the molecule is COC(=O)c1ccccc1Nc1nc(Nc2cc(C)c(C3CCN(C)CC3)cc2OC)nc2ccsc12. The molecule has 5 rings (SSSR count). The van der Waals surface area contributed by atoms with Crippen molar-refractivity contribution in [3.63, 3.8) is 0 Å². The maximum Gasteiger partial charge on any atom is 0.339 e. The number of nitrogens with zero attached hydrogens (tertiary/aromatic N) is 3. The zero-order valence-electron chi connectivity index (χ0n) is 21.5. The first-order valence-electron chi connectivity index (χ1n) is 12.3. The number of carbonyl (C=O) groups excluding carboxylic acids is 1. The van der Waals surface area contributed by atoms with Crippen molar-refractivity contribution >= 4 is 50.7 Å². The number of hydrogen-bond acceptors (Lipinski definition) is 9. The van der Waals surface area contributed by atoms with E-state index in [9.17, 15) is 4.79 Å². The molecule has 9 heteroatoms. The van der Waals surface area contributed by atoms with Crippen LogP contribution in [0.15, 0.2) is 47.8 Å². The van der Waals surface area contributed by atoms with Crippen molar-refractivity contribution in [3.8, 4) is 5.75 Å². The highest BCUT2D eigenvalue weighted by atomic mass is 32.1. The van der Waals surface area contributed by atoms with Gasteiger partial charge in [0.05, 0.1) is 41.4 Å². The van der Waals surface area contributed by atoms with Crippen LogP contribution in [-0.2, 0) is 4.74 Å². The lowest BCUT2D eigenvalue weighted by Gasteiger charge is -2.30. The molecule has 2 aromatic heterocycles. The topological polar surface area (TPSA) is 88.6 Å². The molecule has 2 aromatic carbocycles. The van der Waals surface area contributed by atoms with Gasteiger partial charge in [0.1, 0.15) is 5.75 Å². The molecule has 0 atom stereocenters. The van der Waals surface area contributed by atoms with Gasteiger partial charge in [0.15, 0.2) is 5.82 Å². The van der Waals surface area contributed by atoms with Gasteiger partial charge in [-0.05, 0) is 92.7 Å². The molecule has 0 saturated carbocycles. The van der Waals surface area contributed by atoms with Crippen LogP contribution in [0.1, 0.15) is 40.2 Å². The molecule has 1 saturated heterocycles. The zero-order valence-corrected chi connectivity index (χ0v) is 22.3. The van der Waals surface area contributed by atoms with E-state index in [-0.39, 0.29) is 0 Å². The molecule has 4 aromatic rings. The number of aromatic nitrogens is 2. The van der Waals surface area contributed by atoms with Gasteiger partial charge in [-0.15, -0.1) is 11.3 Å². The number of hydrogen-bond donors (Lipinski definition) is 2. The summed E-state index contributed by atoms with van der Waals surface area (Å²) < 4.78 is 11.6. The summed E-state index contributed by atoms with van der Waals surface area (Å²) in [6.45, 7) is 4.36. The Kier molecular flexibility index (Phi) is 7.25. The number of likely N-dealkylation sites (tertiary alicyclic amines) is 1. The molecule has 37 heavy (non-hydrogen) atoms. The van der Waals surface area contributed by atoms with Crippen LogP contribution in [-0.4, -0.2) is 55.2 Å². The van der Waals surface area contributed by atoms with Gasteiger partial charge < -0.3 is 25.0 Å². The Morgan fingerprint density at radius 1 is 1.05 bits per heavy atom. The van der Waals surface area contributed by atoms with E-state index in [0.29, 0.717) is 28.9 Å². The highest BCUT2D eigenvalue weighted by molar-refractivity contribution is 7.17. The van der Waals surface area contributed by atoms with Gasteiger partial charge in [-0.1, -0.05) is 12.1 Å². The predicted octanol–water partition coefficient (Wildman–Crippen LogP) is 6.09. The van der Waals surface area contributed by atoms with E-state index in [4.69, 9.17) is 19.4 Å². The zero-order chi connectivity index (χ0) is 25.9. The van der Waals surface area contributed by atoms with Crippen molar-refractivity contribution in [2.45, 2.75) is 25.7 Å². The molecule has 192 valence electrons. The summed E-state index contributed by atoms with van der Waals surface area (Å²) in [7, 11) is 5.24. The maximum atomic E-state index is 12.3. The lowest BCUT2D eigenvalue weighted by atomic mass is 9.86. The van der Waals surface area contributed by atoms with Gasteiger partial charge >= 0.3 is 5.97 Å². The Morgan fingerprint density at radius 2 is 1.84 bits per heavy atom. The minimum atomic E-state index is -0.414. The van der Waals surface area contributed by atoms with Gasteiger partial charge in [-0.25, -0.2) is 9.78 Å². The van der Waals surface area contributed by atoms with E-state index in [0.717, 1.165) is 47.6 Å². The molecular weight excluding hydrogens is 486 g/mol. The lowest BCUT2D eigenvalue weighted by Crippen LogP contribution is -2.29. The van der Waals surface area contributed by atoms with Gasteiger partial charge in [-0.3, -0.25) is 0 Å². The summed E-state index contributed by atoms with van der Waals surface area (Å²) in [4.78, 5) is 24.2. The number of fused-ring (bicyclic) bond motifs is 1. The fourth-order valence-electron chi connectivity index (χ4n) is 4.86. The summed E-state index contributed by atoms with van der Waals surface area (Å²) in [6, 6.07) is 13.4. The molecule has 2 N–H and O–H groups in total. The number of piperidine rings is 1. The van der Waals surface area contributed by atoms with Crippen molar-refractivity contribution in [2.75, 3.05) is 45.0 Å². The van der Waals surface area contributed by atoms with E-state index in [1.54, 1.807) is 19.2 Å². The van der Waals surface area contributed by atoms with E-state index >= 15 is 0 Å². The number of para-hydroxylation sites is 1. The Bertz CT molecular complexity index is 1430. The first-order valence-corrected chi connectivity index (χ1v) is 13.2. The molecular formula is C28H31N5O3S. The molecule has 1 fully saturated rings. The molecule has 0 unspecified atom stereocenters. The van der Waals surface area contributed by atoms with Gasteiger partial charge in [-0.2, -0.15) is 4.98 Å². The number of ether oxygens (including phenoxy) is 2. The second kappa shape index (κ2) is 10.7. The minimum Gasteiger partial charge on any atom is -0.495 e. The minimum absolute atomic E-state index is 0.414. The summed E-state index contributed by atoms with van der Waals surface area (Å²) >= 11 is 1.54. The van der Waals surface area contributed by atoms with Crippen molar-refractivity contribution < 1.29 is 14.3 Å². The van der Waals surface area contributed by atoms with Crippen LogP contribution < -0.4 is 15.4 Å². The fourth-order valence-corrected chi connectivity index (χ4v) is 5.64. The standard InChI is InChI=1S/C28H31N5O3S/c1-17-15-23(24(35-3)16-20(17)18-9-12-33(2)13-10-18)31-28-30-22-11-14-37-25(22)26(32-28)29-21-8-6-5-7-19(21)27(34)36-4/h5-8,11,14-16,18H,9-10,12-13H2,1-4H3,(H2,29,30,31,32). The van der Waals surface area contributed by atoms with E-state index in [1.165, 1.54) is 29.6 Å². The third-order valence-electron chi connectivity index (χ3n) is 6.88. The highest BCUT2D eigenvalue weighted by Crippen LogP contribution is 2.38. The molecule has 0 aliphatic carbocycles. The predicted molar refractivity (Wildman–Crippen MR) is 149 cm³/mol. The summed E-state index contributed by atoms with van der Waals surface area (Å²) in [5.74, 6) is 1.93. The Labute approximate surface area is 220 Å². The molecule has 0 amide bonds. The summed E-state index contributed by atoms with van der Waals surface area (Å²) in [6.07, 6.45) is 2.29. The monoisotopic (exact) mass is 517 g/mol. The molecule has 0 spiro atoms. The van der Waals surface area contributed by atoms with Crippen LogP contribution in [0.3, 0.4) is 0 Å². The Balaban J connectivity index is 1.47. The van der Waals surface area contributed by atoms with Crippen LogP contribution >= 0.6 is 11.3 Å². The third-order valence-corrected chi connectivity index (χ3v) is 7.79. The van der Waals surface area contributed by atoms with E-state index in [2.05, 4.69) is 41.6 Å². The van der Waals surface area contributed by atoms with Crippen LogP contribution in [0.2, 0.25) is 0 Å². The van der Waals surface area contributed by atoms with E-state index in [1.807, 2.05) is 23.6 Å². The number of rotatable bonds is 7. The molecule has 1 aliphatic heterocycles. The number of methoxy groups -OCH3 is 2. The summed E-state index contributed by atoms with van der Waals surface area (Å²) in [5.41, 5.74) is 5.23. The first-order chi connectivity index (χ1) is 18.0. The van der Waals surface area contributed by atoms with Crippen molar-refractivity contribution in [3.05, 3.63) is 64.5 Å². The van der Waals surface area contributed by atoms with Gasteiger partial charge in [0, 0.05) is 0 Å². The average molecular weight is 518 g/mol. The van der Waals surface area contributed by atoms with E-state index < -0.39 is 5.97 Å². The second-order valence-corrected chi connectivity index (χ2v) is 10.2. The fraction of sp³-hybridized carbons (Fsp3) is 0.321. The molecule has 0 radical (unpaired) electrons. The third kappa shape index (κ3) is 5.23. The van der Waals surface area contributed by atoms with Gasteiger partial charge in [0.25, 0.3) is 0 Å². The number of esters is 1. The molecule has 3 heterocycles. The normalized spacial score (nSPS) is 14.5. The van der Waals surface area contributed by atoms with Crippen LogP contribution in [0.4, 0.5) is 23.1 Å². The molecule has 0 bridgehead atoms. The maximum absolute atomic E-state index is 12.3. The van der Waals surface area contributed by atoms with Crippen molar-refractivity contribution in [2.24, 2.45) is 0 Å². The lowest BCUT2D eigenvalue weighted by molar-refractivity contribution is 0.0602. The highest BCUT2D eigenvalue weighted by Gasteiger charge is 2.22. The van der Waals surface area contributed by atoms with Crippen LogP contribution in [0.25, 0.3) is 10.2 Å². The molecule has 1 aliphatic rings. The second-order valence-electron chi connectivity index (χ2n) is 9.30. The first kappa shape index (κ1) is 25.0. The molecule has 8 nitrogen and oxygen atoms in total. The number of thiophene rings is 1. The van der Waals surface area contributed by atoms with Crippen molar-refractivity contribution in [1.29, 1.82) is 0 Å². The summed E-state index contributed by atoms with van der Waals surface area (Å²) in [5, 5.41) is 8.67. The quantitative estimate of drug-likeness (QED) is 0.285. The number of anilines is 4. The largest absolute Gasteiger partial charge is 0.495 e. The van der Waals surface area contributed by atoms with Crippen molar-refractivity contribution in [1.82, 2.24) is 14.9 Å². The Morgan fingerprint density at radius 3 is 2.59 bits per heavy atom. The van der Waals surface area contributed by atoms with Gasteiger partial charge in [0.2, 0.25) is 5.95 Å². The number of benzene rings is 2. The number of carbonyl (C=O) groups is 1. The number of nitrogens with one attached hydrogen (secondary N) is 2. The van der Waals surface area contributed by atoms with Crippen LogP contribution in [0, 0.1) is 6.92 Å². The van der Waals surface area contributed by atoms with Crippen LogP contribution in [0.5, 0.6) is 5.75 Å². The number of aryl methyl sites for hydroxylation is 1.